The summed E-state index contributed by atoms with van der Waals surface area (Å²) in [7, 11) is 0. The van der Waals surface area contributed by atoms with Gasteiger partial charge in [0.1, 0.15) is 0 Å². The third kappa shape index (κ3) is 4.56. The summed E-state index contributed by atoms with van der Waals surface area (Å²) in [6, 6.07) is 7.72. The number of benzene rings is 1. The van der Waals surface area contributed by atoms with Crippen molar-refractivity contribution in [3.63, 3.8) is 0 Å². The molecule has 4 nitrogen and oxygen atoms in total. The Morgan fingerprint density at radius 1 is 1.20 bits per heavy atom. The number of thioether (sulfide) groups is 1. The molecule has 0 heterocycles. The van der Waals surface area contributed by atoms with E-state index in [1.165, 1.54) is 25.7 Å². The molecule has 0 bridgehead atoms. The van der Waals surface area contributed by atoms with Gasteiger partial charge in [0.25, 0.3) is 0 Å². The van der Waals surface area contributed by atoms with Crippen LogP contribution in [0.25, 0.3) is 0 Å². The van der Waals surface area contributed by atoms with Crippen LogP contribution in [0.2, 0.25) is 0 Å². The van der Waals surface area contributed by atoms with Crippen molar-refractivity contribution in [1.82, 2.24) is 0 Å². The van der Waals surface area contributed by atoms with E-state index in [2.05, 4.69) is 5.32 Å². The maximum Gasteiger partial charge on any atom is 0.303 e. The summed E-state index contributed by atoms with van der Waals surface area (Å²) >= 11 is 1.81. The third-order valence-corrected chi connectivity index (χ3v) is 4.74. The van der Waals surface area contributed by atoms with Crippen molar-refractivity contribution in [3.8, 4) is 0 Å². The lowest BCUT2D eigenvalue weighted by Crippen LogP contribution is -2.14. The van der Waals surface area contributed by atoms with E-state index in [1.807, 2.05) is 36.0 Å². The molecule has 0 saturated heterocycles. The second-order valence-electron chi connectivity index (χ2n) is 4.96. The second-order valence-corrected chi connectivity index (χ2v) is 6.30. The van der Waals surface area contributed by atoms with Gasteiger partial charge in [0.05, 0.1) is 12.1 Å². The molecule has 20 heavy (non-hydrogen) atoms. The van der Waals surface area contributed by atoms with Gasteiger partial charge in [-0.2, -0.15) is 0 Å². The third-order valence-electron chi connectivity index (χ3n) is 3.32. The van der Waals surface area contributed by atoms with Gasteiger partial charge in [-0.3, -0.25) is 9.59 Å². The van der Waals surface area contributed by atoms with Crippen molar-refractivity contribution in [2.24, 2.45) is 0 Å². The summed E-state index contributed by atoms with van der Waals surface area (Å²) in [5.41, 5.74) is 0.791. The molecule has 0 spiro atoms. The molecule has 0 aliphatic heterocycles. The van der Waals surface area contributed by atoms with Crippen LogP contribution in [0.1, 0.15) is 38.5 Å². The first kappa shape index (κ1) is 14.9. The van der Waals surface area contributed by atoms with Crippen LogP contribution < -0.4 is 5.32 Å². The Morgan fingerprint density at radius 2 is 1.90 bits per heavy atom. The Kier molecular flexibility index (Phi) is 5.47. The zero-order valence-corrected chi connectivity index (χ0v) is 12.1. The van der Waals surface area contributed by atoms with Gasteiger partial charge in [-0.25, -0.2) is 0 Å². The van der Waals surface area contributed by atoms with Crippen molar-refractivity contribution >= 4 is 29.3 Å². The van der Waals surface area contributed by atoms with Crippen molar-refractivity contribution < 1.29 is 14.7 Å². The smallest absolute Gasteiger partial charge is 0.303 e. The fourth-order valence-electron chi connectivity index (χ4n) is 2.29. The zero-order valence-electron chi connectivity index (χ0n) is 11.3. The Morgan fingerprint density at radius 3 is 2.60 bits per heavy atom. The molecule has 1 aromatic carbocycles. The van der Waals surface area contributed by atoms with E-state index in [1.54, 1.807) is 0 Å². The second kappa shape index (κ2) is 7.33. The number of carbonyl (C=O) groups is 2. The van der Waals surface area contributed by atoms with Crippen LogP contribution in [-0.4, -0.2) is 22.2 Å². The summed E-state index contributed by atoms with van der Waals surface area (Å²) < 4.78 is 0. The van der Waals surface area contributed by atoms with Gasteiger partial charge in [-0.05, 0) is 25.0 Å². The van der Waals surface area contributed by atoms with Crippen LogP contribution in [-0.2, 0) is 9.59 Å². The number of carboxylic acids is 1. The van der Waals surface area contributed by atoms with Gasteiger partial charge < -0.3 is 10.4 Å². The molecule has 1 aromatic rings. The van der Waals surface area contributed by atoms with Gasteiger partial charge >= 0.3 is 5.97 Å². The number of carboxylic acid groups (broad SMARTS) is 1. The molecule has 1 aliphatic carbocycles. The number of rotatable bonds is 6. The van der Waals surface area contributed by atoms with Crippen LogP contribution in [0.4, 0.5) is 5.69 Å². The quantitative estimate of drug-likeness (QED) is 0.842. The van der Waals surface area contributed by atoms with Crippen LogP contribution in [0.5, 0.6) is 0 Å². The fourth-order valence-corrected chi connectivity index (χ4v) is 3.62. The topological polar surface area (TPSA) is 66.4 Å². The van der Waals surface area contributed by atoms with Crippen LogP contribution in [0.15, 0.2) is 29.2 Å². The molecule has 108 valence electrons. The highest BCUT2D eigenvalue weighted by atomic mass is 32.2. The lowest BCUT2D eigenvalue weighted by molar-refractivity contribution is -0.138. The van der Waals surface area contributed by atoms with E-state index < -0.39 is 5.97 Å². The average molecular weight is 293 g/mol. The summed E-state index contributed by atoms with van der Waals surface area (Å²) in [5, 5.41) is 12.0. The molecule has 0 radical (unpaired) electrons. The summed E-state index contributed by atoms with van der Waals surface area (Å²) in [6.45, 7) is 0. The molecular weight excluding hydrogens is 274 g/mol. The molecule has 5 heteroatoms. The molecule has 1 fully saturated rings. The van der Waals surface area contributed by atoms with E-state index in [9.17, 15) is 9.59 Å². The SMILES string of the molecule is O=C(O)CCC(=O)Nc1ccccc1SC1CCCC1. The first-order valence-corrected chi connectivity index (χ1v) is 7.80. The largest absolute Gasteiger partial charge is 0.481 e. The number of carbonyl (C=O) groups excluding carboxylic acids is 1. The van der Waals surface area contributed by atoms with E-state index in [-0.39, 0.29) is 18.7 Å². The van der Waals surface area contributed by atoms with Crippen molar-refractivity contribution in [2.75, 3.05) is 5.32 Å². The monoisotopic (exact) mass is 293 g/mol. The normalized spacial score (nSPS) is 15.2. The van der Waals surface area contributed by atoms with E-state index >= 15 is 0 Å². The number of amides is 1. The number of hydrogen-bond donors (Lipinski definition) is 2. The molecule has 0 unspecified atom stereocenters. The first-order valence-electron chi connectivity index (χ1n) is 6.92. The average Bonchev–Trinajstić information content (AvgIpc) is 2.92. The molecule has 1 saturated carbocycles. The minimum absolute atomic E-state index is 0.0117. The predicted molar refractivity (Wildman–Crippen MR) is 80.1 cm³/mol. The van der Waals surface area contributed by atoms with Gasteiger partial charge in [-0.1, -0.05) is 25.0 Å². The standard InChI is InChI=1S/C15H19NO3S/c17-14(9-10-15(18)19)16-12-7-3-4-8-13(12)20-11-5-1-2-6-11/h3-4,7-8,11H,1-2,5-6,9-10H2,(H,16,17)(H,18,19). The molecule has 1 amide bonds. The minimum atomic E-state index is -0.950. The van der Waals surface area contributed by atoms with Gasteiger partial charge in [0, 0.05) is 16.6 Å². The Labute approximate surface area is 123 Å². The Hall–Kier alpha value is -1.49. The maximum atomic E-state index is 11.7. The van der Waals surface area contributed by atoms with E-state index in [0.717, 1.165) is 10.6 Å². The van der Waals surface area contributed by atoms with Crippen molar-refractivity contribution in [2.45, 2.75) is 48.7 Å². The maximum absolute atomic E-state index is 11.7. The van der Waals surface area contributed by atoms with E-state index in [0.29, 0.717) is 5.25 Å². The lowest BCUT2D eigenvalue weighted by atomic mass is 10.2. The van der Waals surface area contributed by atoms with E-state index in [4.69, 9.17) is 5.11 Å². The molecular formula is C15H19NO3S. The summed E-state index contributed by atoms with van der Waals surface area (Å²) in [4.78, 5) is 23.3. The van der Waals surface area contributed by atoms with Gasteiger partial charge in [0.15, 0.2) is 0 Å². The number of aliphatic carboxylic acids is 1. The van der Waals surface area contributed by atoms with Crippen molar-refractivity contribution in [3.05, 3.63) is 24.3 Å². The Bertz CT molecular complexity index is 484. The minimum Gasteiger partial charge on any atom is -0.481 e. The lowest BCUT2D eigenvalue weighted by Gasteiger charge is -2.13. The molecule has 1 aliphatic rings. The van der Waals surface area contributed by atoms with Crippen LogP contribution in [0, 0.1) is 0 Å². The number of hydrogen-bond acceptors (Lipinski definition) is 3. The van der Waals surface area contributed by atoms with Crippen molar-refractivity contribution in [1.29, 1.82) is 0 Å². The predicted octanol–water partition coefficient (Wildman–Crippen LogP) is 3.52. The van der Waals surface area contributed by atoms with Crippen LogP contribution in [0.3, 0.4) is 0 Å². The molecule has 2 N–H and O–H groups in total. The summed E-state index contributed by atoms with van der Waals surface area (Å²) in [6.07, 6.45) is 4.90. The molecule has 0 aromatic heterocycles. The van der Waals surface area contributed by atoms with Gasteiger partial charge in [0.2, 0.25) is 5.91 Å². The first-order chi connectivity index (χ1) is 9.65. The Balaban J connectivity index is 1.96. The highest BCUT2D eigenvalue weighted by Gasteiger charge is 2.18. The highest BCUT2D eigenvalue weighted by molar-refractivity contribution is 8.00. The number of anilines is 1. The summed E-state index contributed by atoms with van der Waals surface area (Å²) in [5.74, 6) is -1.19. The van der Waals surface area contributed by atoms with Crippen LogP contribution >= 0.6 is 11.8 Å². The number of para-hydroxylation sites is 1. The number of nitrogens with one attached hydrogen (secondary N) is 1. The highest BCUT2D eigenvalue weighted by Crippen LogP contribution is 2.37. The fraction of sp³-hybridized carbons (Fsp3) is 0.467. The van der Waals surface area contributed by atoms with Gasteiger partial charge in [-0.15, -0.1) is 11.8 Å². The molecule has 2 rings (SSSR count). The molecule has 0 atom stereocenters. The zero-order chi connectivity index (χ0) is 14.4.